The molecule has 140 valence electrons. The quantitative estimate of drug-likeness (QED) is 0.600. The number of carbonyl (C=O) groups is 2. The monoisotopic (exact) mass is 357 g/mol. The van der Waals surface area contributed by atoms with Crippen molar-refractivity contribution in [3.05, 3.63) is 29.8 Å². The standard InChI is InChI=1S/C20H27N3O3/c24-19-17-7-5-13-22(17)20(25)23(19)12-4-3-11-21-14-16-10-9-15-6-1-2-8-18(15)26-16/h1-2,6,8,16-17,21H,3-5,7,9-14H2/t16-,17?/m1/s1. The third kappa shape index (κ3) is 3.43. The molecule has 3 aliphatic rings. The number of benzene rings is 1. The molecule has 1 aromatic rings. The van der Waals surface area contributed by atoms with Crippen molar-refractivity contribution in [2.45, 2.75) is 50.7 Å². The van der Waals surface area contributed by atoms with Gasteiger partial charge in [-0.15, -0.1) is 0 Å². The highest BCUT2D eigenvalue weighted by Gasteiger charge is 2.46. The van der Waals surface area contributed by atoms with Crippen molar-refractivity contribution in [1.82, 2.24) is 15.1 Å². The Kier molecular flexibility index (Phi) is 5.11. The summed E-state index contributed by atoms with van der Waals surface area (Å²) in [6.07, 6.45) is 5.90. The van der Waals surface area contributed by atoms with Crippen LogP contribution in [0.1, 0.15) is 37.7 Å². The van der Waals surface area contributed by atoms with Gasteiger partial charge in [-0.25, -0.2) is 4.79 Å². The fourth-order valence-electron chi connectivity index (χ4n) is 4.19. The van der Waals surface area contributed by atoms with Crippen molar-refractivity contribution >= 4 is 11.9 Å². The first-order chi connectivity index (χ1) is 12.7. The summed E-state index contributed by atoms with van der Waals surface area (Å²) in [7, 11) is 0. The third-order valence-electron chi connectivity index (χ3n) is 5.64. The number of carbonyl (C=O) groups excluding carboxylic acids is 2. The van der Waals surface area contributed by atoms with Gasteiger partial charge in [0.05, 0.1) is 0 Å². The highest BCUT2D eigenvalue weighted by atomic mass is 16.5. The van der Waals surface area contributed by atoms with E-state index in [2.05, 4.69) is 17.4 Å². The summed E-state index contributed by atoms with van der Waals surface area (Å²) in [5.41, 5.74) is 1.30. The number of imide groups is 1. The van der Waals surface area contributed by atoms with Crippen LogP contribution in [0.25, 0.3) is 0 Å². The Hall–Kier alpha value is -2.08. The first-order valence-corrected chi connectivity index (χ1v) is 9.81. The zero-order chi connectivity index (χ0) is 17.9. The van der Waals surface area contributed by atoms with Gasteiger partial charge in [-0.3, -0.25) is 9.69 Å². The number of nitrogens with zero attached hydrogens (tertiary/aromatic N) is 2. The molecule has 2 atom stereocenters. The summed E-state index contributed by atoms with van der Waals surface area (Å²) in [5.74, 6) is 1.02. The van der Waals surface area contributed by atoms with Crippen LogP contribution in [0.5, 0.6) is 5.75 Å². The molecule has 0 spiro atoms. The average molecular weight is 357 g/mol. The molecule has 6 heteroatoms. The van der Waals surface area contributed by atoms with E-state index in [4.69, 9.17) is 4.74 Å². The van der Waals surface area contributed by atoms with E-state index in [0.29, 0.717) is 6.54 Å². The fourth-order valence-corrected chi connectivity index (χ4v) is 4.19. The minimum absolute atomic E-state index is 0.00901. The number of amides is 3. The van der Waals surface area contributed by atoms with Crippen LogP contribution in [0.4, 0.5) is 4.79 Å². The molecule has 1 aromatic carbocycles. The number of fused-ring (bicyclic) bond motifs is 2. The van der Waals surface area contributed by atoms with Gasteiger partial charge in [0.15, 0.2) is 0 Å². The first-order valence-electron chi connectivity index (χ1n) is 9.81. The number of urea groups is 1. The Balaban J connectivity index is 1.13. The van der Waals surface area contributed by atoms with E-state index in [0.717, 1.165) is 63.9 Å². The number of hydrogen-bond donors (Lipinski definition) is 1. The highest BCUT2D eigenvalue weighted by molar-refractivity contribution is 6.04. The molecule has 0 aromatic heterocycles. The van der Waals surface area contributed by atoms with E-state index in [1.807, 2.05) is 12.1 Å². The normalized spacial score (nSPS) is 24.6. The van der Waals surface area contributed by atoms with Crippen LogP contribution in [0.15, 0.2) is 24.3 Å². The smallest absolute Gasteiger partial charge is 0.327 e. The summed E-state index contributed by atoms with van der Waals surface area (Å²) in [6.45, 7) is 2.99. The Morgan fingerprint density at radius 1 is 1.15 bits per heavy atom. The van der Waals surface area contributed by atoms with Crippen molar-refractivity contribution in [3.8, 4) is 5.75 Å². The number of aryl methyl sites for hydroxylation is 1. The summed E-state index contributed by atoms with van der Waals surface area (Å²) in [4.78, 5) is 27.7. The minimum Gasteiger partial charge on any atom is -0.489 e. The lowest BCUT2D eigenvalue weighted by molar-refractivity contribution is -0.128. The van der Waals surface area contributed by atoms with E-state index >= 15 is 0 Å². The molecule has 0 aliphatic carbocycles. The molecule has 2 saturated heterocycles. The molecule has 1 N–H and O–H groups in total. The zero-order valence-electron chi connectivity index (χ0n) is 15.2. The van der Waals surface area contributed by atoms with Crippen LogP contribution >= 0.6 is 0 Å². The van der Waals surface area contributed by atoms with Gasteiger partial charge in [0.2, 0.25) is 0 Å². The predicted molar refractivity (Wildman–Crippen MR) is 98.1 cm³/mol. The van der Waals surface area contributed by atoms with Crippen LogP contribution in [0, 0.1) is 0 Å². The molecule has 0 radical (unpaired) electrons. The topological polar surface area (TPSA) is 61.9 Å². The Morgan fingerprint density at radius 2 is 2.04 bits per heavy atom. The molecule has 0 bridgehead atoms. The van der Waals surface area contributed by atoms with Gasteiger partial charge in [-0.05, 0) is 56.7 Å². The Bertz CT molecular complexity index is 656. The molecule has 26 heavy (non-hydrogen) atoms. The second-order valence-electron chi connectivity index (χ2n) is 7.42. The molecule has 3 aliphatic heterocycles. The lowest BCUT2D eigenvalue weighted by Gasteiger charge is -2.26. The molecule has 0 saturated carbocycles. The van der Waals surface area contributed by atoms with Crippen LogP contribution in [-0.2, 0) is 11.2 Å². The minimum atomic E-state index is -0.174. The summed E-state index contributed by atoms with van der Waals surface area (Å²) >= 11 is 0. The molecular formula is C20H27N3O3. The molecular weight excluding hydrogens is 330 g/mol. The number of rotatable bonds is 7. The summed E-state index contributed by atoms with van der Waals surface area (Å²) < 4.78 is 6.02. The first kappa shape index (κ1) is 17.3. The largest absolute Gasteiger partial charge is 0.489 e. The molecule has 2 fully saturated rings. The predicted octanol–water partition coefficient (Wildman–Crippen LogP) is 2.18. The highest BCUT2D eigenvalue weighted by Crippen LogP contribution is 2.28. The lowest BCUT2D eigenvalue weighted by Crippen LogP contribution is -2.36. The van der Waals surface area contributed by atoms with Gasteiger partial charge in [0.25, 0.3) is 5.91 Å². The maximum atomic E-state index is 12.3. The van der Waals surface area contributed by atoms with E-state index in [9.17, 15) is 9.59 Å². The number of ether oxygens (including phenoxy) is 1. The Morgan fingerprint density at radius 3 is 2.92 bits per heavy atom. The van der Waals surface area contributed by atoms with Crippen LogP contribution in [0.3, 0.4) is 0 Å². The van der Waals surface area contributed by atoms with Gasteiger partial charge in [-0.2, -0.15) is 0 Å². The zero-order valence-corrected chi connectivity index (χ0v) is 15.2. The van der Waals surface area contributed by atoms with Crippen LogP contribution in [-0.4, -0.2) is 60.1 Å². The van der Waals surface area contributed by atoms with E-state index in [1.54, 1.807) is 4.90 Å². The number of nitrogens with one attached hydrogen (secondary N) is 1. The second-order valence-corrected chi connectivity index (χ2v) is 7.42. The molecule has 3 heterocycles. The van der Waals surface area contributed by atoms with Crippen molar-refractivity contribution in [2.24, 2.45) is 0 Å². The number of unbranched alkanes of at least 4 members (excludes halogenated alkanes) is 1. The summed E-state index contributed by atoms with van der Waals surface area (Å²) in [5, 5.41) is 3.45. The lowest BCUT2D eigenvalue weighted by atomic mass is 10.0. The van der Waals surface area contributed by atoms with Crippen LogP contribution in [0.2, 0.25) is 0 Å². The molecule has 3 amide bonds. The van der Waals surface area contributed by atoms with Crippen molar-refractivity contribution in [1.29, 1.82) is 0 Å². The van der Waals surface area contributed by atoms with Gasteiger partial charge >= 0.3 is 6.03 Å². The fraction of sp³-hybridized carbons (Fsp3) is 0.600. The van der Waals surface area contributed by atoms with E-state index in [-0.39, 0.29) is 24.1 Å². The SMILES string of the molecule is O=C1C2CCCN2C(=O)N1CCCCNC[C@H]1CCc2ccccc2O1. The van der Waals surface area contributed by atoms with E-state index in [1.165, 1.54) is 10.5 Å². The summed E-state index contributed by atoms with van der Waals surface area (Å²) in [6, 6.07) is 7.98. The maximum Gasteiger partial charge on any atom is 0.327 e. The third-order valence-corrected chi connectivity index (χ3v) is 5.64. The van der Waals surface area contributed by atoms with Crippen molar-refractivity contribution in [3.63, 3.8) is 0 Å². The van der Waals surface area contributed by atoms with Gasteiger partial charge < -0.3 is 15.0 Å². The average Bonchev–Trinajstić information content (AvgIpc) is 3.23. The molecule has 6 nitrogen and oxygen atoms in total. The number of para-hydroxylation sites is 1. The second kappa shape index (κ2) is 7.66. The van der Waals surface area contributed by atoms with E-state index < -0.39 is 0 Å². The van der Waals surface area contributed by atoms with Gasteiger partial charge in [0, 0.05) is 19.6 Å². The molecule has 4 rings (SSSR count). The van der Waals surface area contributed by atoms with Gasteiger partial charge in [0.1, 0.15) is 17.9 Å². The maximum absolute atomic E-state index is 12.3. The van der Waals surface area contributed by atoms with Crippen LogP contribution < -0.4 is 10.1 Å². The van der Waals surface area contributed by atoms with Crippen molar-refractivity contribution < 1.29 is 14.3 Å². The molecule has 1 unspecified atom stereocenters. The van der Waals surface area contributed by atoms with Gasteiger partial charge in [-0.1, -0.05) is 18.2 Å². The number of hydrogen-bond acceptors (Lipinski definition) is 4. The Labute approximate surface area is 154 Å². The van der Waals surface area contributed by atoms with Crippen molar-refractivity contribution in [2.75, 3.05) is 26.2 Å².